The van der Waals surface area contributed by atoms with Crippen molar-refractivity contribution in [2.45, 2.75) is 12.7 Å². The maximum Gasteiger partial charge on any atom is 0.170 e. The summed E-state index contributed by atoms with van der Waals surface area (Å²) < 4.78 is 12.2. The molecule has 0 saturated heterocycles. The molecule has 0 aliphatic carbocycles. The van der Waals surface area contributed by atoms with Crippen LogP contribution >= 0.6 is 0 Å². The van der Waals surface area contributed by atoms with Crippen molar-refractivity contribution >= 4 is 6.29 Å². The molecule has 0 aromatic heterocycles. The second-order valence-electron chi connectivity index (χ2n) is 1.98. The standard InChI is InChI=1S/C6H8FNO/c7-6-3-5(1-2-9)4-8-6/h2-3,6,8H,1,4H2. The molecule has 0 amide bonds. The third-order valence-electron chi connectivity index (χ3n) is 1.25. The van der Waals surface area contributed by atoms with Crippen LogP contribution in [0.15, 0.2) is 11.6 Å². The Morgan fingerprint density at radius 2 is 2.78 bits per heavy atom. The lowest BCUT2D eigenvalue weighted by molar-refractivity contribution is -0.107. The molecule has 1 N–H and O–H groups in total. The van der Waals surface area contributed by atoms with E-state index >= 15 is 0 Å². The van der Waals surface area contributed by atoms with Crippen LogP contribution in [-0.2, 0) is 4.79 Å². The summed E-state index contributed by atoms with van der Waals surface area (Å²) in [5.41, 5.74) is 0.845. The molecular weight excluding hydrogens is 121 g/mol. The zero-order valence-corrected chi connectivity index (χ0v) is 4.93. The maximum atomic E-state index is 12.2. The number of carbonyl (C=O) groups is 1. The molecule has 0 aromatic rings. The fourth-order valence-electron chi connectivity index (χ4n) is 0.801. The normalized spacial score (nSPS) is 25.9. The van der Waals surface area contributed by atoms with Gasteiger partial charge >= 0.3 is 0 Å². The second kappa shape index (κ2) is 2.73. The molecule has 0 bridgehead atoms. The molecule has 2 nitrogen and oxygen atoms in total. The van der Waals surface area contributed by atoms with Gasteiger partial charge in [0.2, 0.25) is 0 Å². The van der Waals surface area contributed by atoms with Crippen LogP contribution in [0.3, 0.4) is 0 Å². The predicted molar refractivity (Wildman–Crippen MR) is 31.7 cm³/mol. The fraction of sp³-hybridized carbons (Fsp3) is 0.500. The van der Waals surface area contributed by atoms with Crippen LogP contribution in [0.25, 0.3) is 0 Å². The number of halogens is 1. The lowest BCUT2D eigenvalue weighted by Gasteiger charge is -1.91. The van der Waals surface area contributed by atoms with Crippen molar-refractivity contribution in [1.82, 2.24) is 5.32 Å². The molecule has 1 rings (SSSR count). The summed E-state index contributed by atoms with van der Waals surface area (Å²) in [6, 6.07) is 0. The van der Waals surface area contributed by atoms with Gasteiger partial charge < -0.3 is 4.79 Å². The summed E-state index contributed by atoms with van der Waals surface area (Å²) in [5, 5.41) is 2.54. The number of nitrogens with one attached hydrogen (secondary N) is 1. The van der Waals surface area contributed by atoms with Crippen LogP contribution in [0.1, 0.15) is 6.42 Å². The van der Waals surface area contributed by atoms with Crippen molar-refractivity contribution in [3.8, 4) is 0 Å². The van der Waals surface area contributed by atoms with E-state index in [1.807, 2.05) is 0 Å². The predicted octanol–water partition coefficient (Wildman–Crippen LogP) is 0.401. The van der Waals surface area contributed by atoms with Crippen LogP contribution in [0.2, 0.25) is 0 Å². The third kappa shape index (κ3) is 1.61. The van der Waals surface area contributed by atoms with E-state index in [1.165, 1.54) is 6.08 Å². The topological polar surface area (TPSA) is 29.1 Å². The van der Waals surface area contributed by atoms with Gasteiger partial charge in [-0.1, -0.05) is 0 Å². The van der Waals surface area contributed by atoms with Crippen LogP contribution < -0.4 is 5.32 Å². The van der Waals surface area contributed by atoms with E-state index in [1.54, 1.807) is 0 Å². The Kier molecular flexibility index (Phi) is 1.95. The van der Waals surface area contributed by atoms with Crippen LogP contribution in [0, 0.1) is 0 Å². The van der Waals surface area contributed by atoms with Crippen molar-refractivity contribution in [3.05, 3.63) is 11.6 Å². The zero-order valence-electron chi connectivity index (χ0n) is 4.93. The Bertz CT molecular complexity index is 144. The van der Waals surface area contributed by atoms with Crippen molar-refractivity contribution in [3.63, 3.8) is 0 Å². The maximum absolute atomic E-state index is 12.2. The molecule has 9 heavy (non-hydrogen) atoms. The molecule has 3 heteroatoms. The summed E-state index contributed by atoms with van der Waals surface area (Å²) >= 11 is 0. The number of hydrogen-bond donors (Lipinski definition) is 1. The lowest BCUT2D eigenvalue weighted by Crippen LogP contribution is -2.16. The van der Waals surface area contributed by atoms with Gasteiger partial charge in [-0.25, -0.2) is 4.39 Å². The molecule has 0 spiro atoms. The van der Waals surface area contributed by atoms with E-state index in [4.69, 9.17) is 0 Å². The van der Waals surface area contributed by atoms with Gasteiger partial charge in [0.05, 0.1) is 0 Å². The van der Waals surface area contributed by atoms with Gasteiger partial charge in [-0.15, -0.1) is 0 Å². The van der Waals surface area contributed by atoms with E-state index in [0.717, 1.165) is 11.9 Å². The van der Waals surface area contributed by atoms with E-state index in [-0.39, 0.29) is 0 Å². The largest absolute Gasteiger partial charge is 0.303 e. The highest BCUT2D eigenvalue weighted by molar-refractivity contribution is 5.54. The monoisotopic (exact) mass is 129 g/mol. The Hall–Kier alpha value is -0.700. The average molecular weight is 129 g/mol. The van der Waals surface area contributed by atoms with Crippen molar-refractivity contribution in [1.29, 1.82) is 0 Å². The van der Waals surface area contributed by atoms with Crippen LogP contribution in [0.5, 0.6) is 0 Å². The lowest BCUT2D eigenvalue weighted by atomic mass is 10.2. The molecule has 1 aliphatic rings. The fourth-order valence-corrected chi connectivity index (χ4v) is 0.801. The smallest absolute Gasteiger partial charge is 0.170 e. The molecule has 1 heterocycles. The second-order valence-corrected chi connectivity index (χ2v) is 1.98. The van der Waals surface area contributed by atoms with Gasteiger partial charge in [0, 0.05) is 13.0 Å². The SMILES string of the molecule is O=CCC1=CC(F)NC1. The number of rotatable bonds is 2. The summed E-state index contributed by atoms with van der Waals surface area (Å²) in [6.45, 7) is 0.514. The number of carbonyl (C=O) groups excluding carboxylic acids is 1. The molecule has 0 fully saturated rings. The first-order valence-electron chi connectivity index (χ1n) is 2.83. The van der Waals surface area contributed by atoms with Gasteiger partial charge in [0.25, 0.3) is 0 Å². The summed E-state index contributed by atoms with van der Waals surface area (Å²) in [7, 11) is 0. The van der Waals surface area contributed by atoms with Gasteiger partial charge in [-0.3, -0.25) is 5.32 Å². The van der Waals surface area contributed by atoms with E-state index in [9.17, 15) is 9.18 Å². The third-order valence-corrected chi connectivity index (χ3v) is 1.25. The quantitative estimate of drug-likeness (QED) is 0.332. The van der Waals surface area contributed by atoms with Gasteiger partial charge in [-0.2, -0.15) is 0 Å². The Labute approximate surface area is 52.7 Å². The van der Waals surface area contributed by atoms with Gasteiger partial charge in [-0.05, 0) is 11.6 Å². The molecular formula is C6H8FNO. The number of aldehydes is 1. The first kappa shape index (κ1) is 6.42. The summed E-state index contributed by atoms with van der Waals surface area (Å²) in [6.07, 6.45) is 1.54. The molecule has 1 aliphatic heterocycles. The number of hydrogen-bond acceptors (Lipinski definition) is 2. The van der Waals surface area contributed by atoms with Crippen molar-refractivity contribution in [2.24, 2.45) is 0 Å². The highest BCUT2D eigenvalue weighted by atomic mass is 19.1. The van der Waals surface area contributed by atoms with Crippen molar-refractivity contribution < 1.29 is 9.18 Å². The molecule has 50 valence electrons. The summed E-state index contributed by atoms with van der Waals surface area (Å²) in [5.74, 6) is 0. The van der Waals surface area contributed by atoms with Gasteiger partial charge in [0.1, 0.15) is 6.29 Å². The highest BCUT2D eigenvalue weighted by Crippen LogP contribution is 2.07. The first-order valence-corrected chi connectivity index (χ1v) is 2.83. The van der Waals surface area contributed by atoms with E-state index in [0.29, 0.717) is 13.0 Å². The molecule has 0 saturated carbocycles. The van der Waals surface area contributed by atoms with Crippen LogP contribution in [-0.4, -0.2) is 19.1 Å². The highest BCUT2D eigenvalue weighted by Gasteiger charge is 2.11. The Morgan fingerprint density at radius 3 is 3.22 bits per heavy atom. The number of alkyl halides is 1. The Balaban J connectivity index is 2.41. The molecule has 1 unspecified atom stereocenters. The average Bonchev–Trinajstić information content (AvgIpc) is 2.17. The van der Waals surface area contributed by atoms with E-state index < -0.39 is 6.30 Å². The molecule has 0 aromatic carbocycles. The minimum absolute atomic E-state index is 0.355. The zero-order chi connectivity index (χ0) is 6.69. The molecule has 1 atom stereocenters. The minimum atomic E-state index is -1.04. The molecule has 0 radical (unpaired) electrons. The van der Waals surface area contributed by atoms with E-state index in [2.05, 4.69) is 5.32 Å². The van der Waals surface area contributed by atoms with Gasteiger partial charge in [0.15, 0.2) is 6.30 Å². The first-order chi connectivity index (χ1) is 4.33. The van der Waals surface area contributed by atoms with Crippen molar-refractivity contribution in [2.75, 3.05) is 6.54 Å². The van der Waals surface area contributed by atoms with Crippen LogP contribution in [0.4, 0.5) is 4.39 Å². The summed E-state index contributed by atoms with van der Waals surface area (Å²) in [4.78, 5) is 9.88. The Morgan fingerprint density at radius 1 is 2.00 bits per heavy atom. The minimum Gasteiger partial charge on any atom is -0.303 e.